The number of rotatable bonds is 4. The fourth-order valence-electron chi connectivity index (χ4n) is 1.47. The first-order valence-electron chi connectivity index (χ1n) is 4.97. The van der Waals surface area contributed by atoms with Crippen molar-refractivity contribution >= 4 is 23.2 Å². The first kappa shape index (κ1) is 11.1. The van der Waals surface area contributed by atoms with Crippen LogP contribution in [-0.2, 0) is 16.1 Å². The maximum absolute atomic E-state index is 11.6. The number of aryl methyl sites for hydroxylation is 1. The summed E-state index contributed by atoms with van der Waals surface area (Å²) in [6, 6.07) is 0. The van der Waals surface area contributed by atoms with Gasteiger partial charge in [-0.15, -0.1) is 11.3 Å². The van der Waals surface area contributed by atoms with Crippen molar-refractivity contribution in [3.05, 3.63) is 16.1 Å². The summed E-state index contributed by atoms with van der Waals surface area (Å²) in [6.07, 6.45) is 0.871. The lowest BCUT2D eigenvalue weighted by Crippen LogP contribution is -2.36. The van der Waals surface area contributed by atoms with Gasteiger partial charge in [-0.25, -0.2) is 4.98 Å². The van der Waals surface area contributed by atoms with E-state index in [9.17, 15) is 9.59 Å². The lowest BCUT2D eigenvalue weighted by atomic mass is 10.1. The van der Waals surface area contributed by atoms with Crippen LogP contribution in [0.4, 0.5) is 0 Å². The summed E-state index contributed by atoms with van der Waals surface area (Å²) in [7, 11) is 0. The van der Waals surface area contributed by atoms with E-state index in [1.165, 1.54) is 11.3 Å². The number of aliphatic carboxylic acids is 1. The molecule has 1 fully saturated rings. The predicted octanol–water partition coefficient (Wildman–Crippen LogP) is 0.933. The second-order valence-corrected chi connectivity index (χ2v) is 4.90. The highest BCUT2D eigenvalue weighted by Gasteiger charge is 2.56. The van der Waals surface area contributed by atoms with E-state index in [4.69, 9.17) is 5.11 Å². The van der Waals surface area contributed by atoms with Crippen LogP contribution in [-0.4, -0.2) is 22.0 Å². The highest BCUT2D eigenvalue weighted by atomic mass is 32.1. The monoisotopic (exact) mass is 240 g/mol. The van der Waals surface area contributed by atoms with Crippen LogP contribution in [0.5, 0.6) is 0 Å². The fraction of sp³-hybridized carbons (Fsp3) is 0.500. The SMILES string of the molecule is Cc1csc(CNC(=O)C2(C(=O)O)CC2)n1. The van der Waals surface area contributed by atoms with Crippen molar-refractivity contribution in [3.8, 4) is 0 Å². The van der Waals surface area contributed by atoms with Gasteiger partial charge in [0.05, 0.1) is 6.54 Å². The van der Waals surface area contributed by atoms with Gasteiger partial charge >= 0.3 is 5.97 Å². The molecule has 1 aromatic rings. The number of amides is 1. The molecule has 2 N–H and O–H groups in total. The number of carboxylic acid groups (broad SMARTS) is 1. The molecular formula is C10H12N2O3S. The smallest absolute Gasteiger partial charge is 0.319 e. The molecule has 1 saturated carbocycles. The first-order valence-corrected chi connectivity index (χ1v) is 5.85. The number of nitrogens with zero attached hydrogens (tertiary/aromatic N) is 1. The van der Waals surface area contributed by atoms with Crippen molar-refractivity contribution in [2.45, 2.75) is 26.3 Å². The van der Waals surface area contributed by atoms with Crippen molar-refractivity contribution < 1.29 is 14.7 Å². The second-order valence-electron chi connectivity index (χ2n) is 3.95. The quantitative estimate of drug-likeness (QED) is 0.767. The van der Waals surface area contributed by atoms with Gasteiger partial charge in [-0.3, -0.25) is 9.59 Å². The van der Waals surface area contributed by atoms with Crippen LogP contribution in [0.1, 0.15) is 23.5 Å². The Balaban J connectivity index is 1.92. The molecule has 0 radical (unpaired) electrons. The molecule has 0 saturated heterocycles. The van der Waals surface area contributed by atoms with E-state index >= 15 is 0 Å². The molecule has 1 heterocycles. The predicted molar refractivity (Wildman–Crippen MR) is 58.0 cm³/mol. The third-order valence-electron chi connectivity index (χ3n) is 2.66. The molecule has 6 heteroatoms. The van der Waals surface area contributed by atoms with Crippen LogP contribution in [0.15, 0.2) is 5.38 Å². The van der Waals surface area contributed by atoms with E-state index in [-0.39, 0.29) is 0 Å². The van der Waals surface area contributed by atoms with Gasteiger partial charge in [0.2, 0.25) is 5.91 Å². The second kappa shape index (κ2) is 3.86. The highest BCUT2D eigenvalue weighted by molar-refractivity contribution is 7.09. The molecular weight excluding hydrogens is 228 g/mol. The number of thiazole rings is 1. The van der Waals surface area contributed by atoms with Gasteiger partial charge in [-0.05, 0) is 19.8 Å². The summed E-state index contributed by atoms with van der Waals surface area (Å²) >= 11 is 1.46. The molecule has 86 valence electrons. The number of carbonyl (C=O) groups is 2. The van der Waals surface area contributed by atoms with Crippen LogP contribution < -0.4 is 5.32 Å². The van der Waals surface area contributed by atoms with Crippen LogP contribution >= 0.6 is 11.3 Å². The summed E-state index contributed by atoms with van der Waals surface area (Å²) in [5.41, 5.74) is -0.250. The molecule has 2 rings (SSSR count). The Bertz CT molecular complexity index is 437. The Morgan fingerprint density at radius 2 is 2.31 bits per heavy atom. The summed E-state index contributed by atoms with van der Waals surface area (Å²) in [5.74, 6) is -1.42. The Labute approximate surface area is 96.5 Å². The molecule has 1 aliphatic rings. The topological polar surface area (TPSA) is 79.3 Å². The minimum Gasteiger partial charge on any atom is -0.480 e. The van der Waals surface area contributed by atoms with Gasteiger partial charge in [-0.2, -0.15) is 0 Å². The zero-order valence-electron chi connectivity index (χ0n) is 8.82. The molecule has 1 aliphatic carbocycles. The van der Waals surface area contributed by atoms with Crippen LogP contribution in [0.2, 0.25) is 0 Å². The lowest BCUT2D eigenvalue weighted by molar-refractivity contribution is -0.149. The van der Waals surface area contributed by atoms with E-state index in [1.807, 2.05) is 12.3 Å². The number of carbonyl (C=O) groups excluding carboxylic acids is 1. The highest BCUT2D eigenvalue weighted by Crippen LogP contribution is 2.46. The van der Waals surface area contributed by atoms with Crippen molar-refractivity contribution in [3.63, 3.8) is 0 Å². The van der Waals surface area contributed by atoms with Gasteiger partial charge in [-0.1, -0.05) is 0 Å². The molecule has 0 bridgehead atoms. The third kappa shape index (κ3) is 1.92. The van der Waals surface area contributed by atoms with Gasteiger partial charge in [0, 0.05) is 11.1 Å². The molecule has 0 unspecified atom stereocenters. The zero-order chi connectivity index (χ0) is 11.8. The molecule has 16 heavy (non-hydrogen) atoms. The van der Waals surface area contributed by atoms with Crippen molar-refractivity contribution in [1.29, 1.82) is 0 Å². The number of nitrogens with one attached hydrogen (secondary N) is 1. The minimum absolute atomic E-state index is 0.312. The normalized spacial score (nSPS) is 16.8. The lowest BCUT2D eigenvalue weighted by Gasteiger charge is -2.09. The minimum atomic E-state index is -1.16. The van der Waals surface area contributed by atoms with Gasteiger partial charge in [0.1, 0.15) is 10.4 Å². The fourth-order valence-corrected chi connectivity index (χ4v) is 2.18. The van der Waals surface area contributed by atoms with E-state index in [2.05, 4.69) is 10.3 Å². The van der Waals surface area contributed by atoms with Gasteiger partial charge < -0.3 is 10.4 Å². The number of hydrogen-bond acceptors (Lipinski definition) is 4. The average Bonchev–Trinajstić information content (AvgIpc) is 2.95. The zero-order valence-corrected chi connectivity index (χ0v) is 9.63. The molecule has 1 amide bonds. The van der Waals surface area contributed by atoms with Crippen LogP contribution in [0.25, 0.3) is 0 Å². The van der Waals surface area contributed by atoms with Gasteiger partial charge in [0.15, 0.2) is 0 Å². The summed E-state index contributed by atoms with van der Waals surface area (Å²) < 4.78 is 0. The Kier molecular flexibility index (Phi) is 2.67. The maximum atomic E-state index is 11.6. The molecule has 0 atom stereocenters. The Morgan fingerprint density at radius 3 is 2.75 bits per heavy atom. The van der Waals surface area contributed by atoms with E-state index in [0.29, 0.717) is 19.4 Å². The van der Waals surface area contributed by atoms with Crippen LogP contribution in [0, 0.1) is 12.3 Å². The molecule has 0 spiro atoms. The standard InChI is InChI=1S/C10H12N2O3S/c1-6-5-16-7(12-6)4-11-8(13)10(2-3-10)9(14)15/h5H,2-4H2,1H3,(H,11,13)(H,14,15). The molecule has 5 nitrogen and oxygen atoms in total. The summed E-state index contributed by atoms with van der Waals surface area (Å²) in [4.78, 5) is 26.7. The maximum Gasteiger partial charge on any atom is 0.319 e. The largest absolute Gasteiger partial charge is 0.480 e. The summed E-state index contributed by atoms with van der Waals surface area (Å²) in [6.45, 7) is 2.19. The number of hydrogen-bond donors (Lipinski definition) is 2. The number of aromatic nitrogens is 1. The van der Waals surface area contributed by atoms with Gasteiger partial charge in [0.25, 0.3) is 0 Å². The first-order chi connectivity index (χ1) is 7.54. The molecule has 1 aromatic heterocycles. The Hall–Kier alpha value is -1.43. The van der Waals surface area contributed by atoms with Crippen molar-refractivity contribution in [2.24, 2.45) is 5.41 Å². The molecule has 0 aromatic carbocycles. The van der Waals surface area contributed by atoms with Crippen LogP contribution in [0.3, 0.4) is 0 Å². The molecule has 0 aliphatic heterocycles. The van der Waals surface area contributed by atoms with E-state index in [0.717, 1.165) is 10.7 Å². The van der Waals surface area contributed by atoms with Crippen molar-refractivity contribution in [2.75, 3.05) is 0 Å². The summed E-state index contributed by atoms with van der Waals surface area (Å²) in [5, 5.41) is 14.2. The third-order valence-corrected chi connectivity index (χ3v) is 3.63. The van der Waals surface area contributed by atoms with Crippen molar-refractivity contribution in [1.82, 2.24) is 10.3 Å². The average molecular weight is 240 g/mol. The van der Waals surface area contributed by atoms with E-state index in [1.54, 1.807) is 0 Å². The Morgan fingerprint density at radius 1 is 1.62 bits per heavy atom. The van der Waals surface area contributed by atoms with E-state index < -0.39 is 17.3 Å². The number of carboxylic acids is 1.